The summed E-state index contributed by atoms with van der Waals surface area (Å²) in [7, 11) is 1.60. The minimum atomic E-state index is -0.666. The zero-order valence-electron chi connectivity index (χ0n) is 19.6. The highest BCUT2D eigenvalue weighted by Gasteiger charge is 2.28. The highest BCUT2D eigenvalue weighted by Crippen LogP contribution is 2.19. The van der Waals surface area contributed by atoms with Gasteiger partial charge >= 0.3 is 0 Å². The van der Waals surface area contributed by atoms with Crippen molar-refractivity contribution in [3.05, 3.63) is 59.2 Å². The van der Waals surface area contributed by atoms with E-state index in [1.54, 1.807) is 18.9 Å². The standard InChI is InChI=1S/C25H34N2O4/c1-17-11-18(2)13-22(12-17)31-16-23(28)27(19(3)24(29)26-25(4,5)6)15-20-9-8-10-21(14-20)30-7/h8-14,19H,15-16H2,1-7H3,(H,26,29). The van der Waals surface area contributed by atoms with Crippen LogP contribution in [0.2, 0.25) is 0 Å². The molecular weight excluding hydrogens is 392 g/mol. The quantitative estimate of drug-likeness (QED) is 0.692. The van der Waals surface area contributed by atoms with Crippen LogP contribution in [-0.4, -0.2) is 42.0 Å². The second kappa shape index (κ2) is 10.3. The summed E-state index contributed by atoms with van der Waals surface area (Å²) in [5.41, 5.74) is 2.60. The first-order valence-electron chi connectivity index (χ1n) is 10.4. The van der Waals surface area contributed by atoms with E-state index >= 15 is 0 Å². The van der Waals surface area contributed by atoms with Crippen molar-refractivity contribution in [1.29, 1.82) is 0 Å². The van der Waals surface area contributed by atoms with Gasteiger partial charge in [0.1, 0.15) is 17.5 Å². The highest BCUT2D eigenvalue weighted by atomic mass is 16.5. The Balaban J connectivity index is 2.22. The molecule has 0 aliphatic rings. The molecule has 0 saturated heterocycles. The summed E-state index contributed by atoms with van der Waals surface area (Å²) in [5.74, 6) is 0.857. The number of ether oxygens (including phenoxy) is 2. The Hall–Kier alpha value is -3.02. The van der Waals surface area contributed by atoms with Crippen molar-refractivity contribution < 1.29 is 19.1 Å². The Morgan fingerprint density at radius 1 is 1.03 bits per heavy atom. The van der Waals surface area contributed by atoms with Crippen molar-refractivity contribution in [2.24, 2.45) is 0 Å². The monoisotopic (exact) mass is 426 g/mol. The van der Waals surface area contributed by atoms with Crippen molar-refractivity contribution in [2.45, 2.75) is 59.7 Å². The molecule has 0 aromatic heterocycles. The topological polar surface area (TPSA) is 67.9 Å². The number of methoxy groups -OCH3 is 1. The van der Waals surface area contributed by atoms with E-state index in [0.29, 0.717) is 11.5 Å². The molecule has 0 aliphatic carbocycles. The Bertz CT molecular complexity index is 898. The number of benzene rings is 2. The third kappa shape index (κ3) is 7.63. The minimum Gasteiger partial charge on any atom is -0.497 e. The number of rotatable bonds is 8. The number of carbonyl (C=O) groups is 2. The summed E-state index contributed by atoms with van der Waals surface area (Å²) in [5, 5.41) is 2.95. The first kappa shape index (κ1) is 24.3. The second-order valence-corrected chi connectivity index (χ2v) is 8.90. The van der Waals surface area contributed by atoms with Crippen LogP contribution in [0.15, 0.2) is 42.5 Å². The van der Waals surface area contributed by atoms with Crippen LogP contribution in [0.5, 0.6) is 11.5 Å². The maximum atomic E-state index is 13.1. The summed E-state index contributed by atoms with van der Waals surface area (Å²) in [4.78, 5) is 27.5. The highest BCUT2D eigenvalue weighted by molar-refractivity contribution is 5.88. The van der Waals surface area contributed by atoms with Gasteiger partial charge < -0.3 is 19.7 Å². The van der Waals surface area contributed by atoms with Crippen molar-refractivity contribution in [2.75, 3.05) is 13.7 Å². The van der Waals surface area contributed by atoms with E-state index in [1.165, 1.54) is 0 Å². The molecule has 0 fully saturated rings. The van der Waals surface area contributed by atoms with Crippen LogP contribution in [0.3, 0.4) is 0 Å². The van der Waals surface area contributed by atoms with Crippen LogP contribution in [-0.2, 0) is 16.1 Å². The van der Waals surface area contributed by atoms with Crippen molar-refractivity contribution in [3.63, 3.8) is 0 Å². The molecule has 1 N–H and O–H groups in total. The Morgan fingerprint density at radius 3 is 2.26 bits per heavy atom. The number of nitrogens with one attached hydrogen (secondary N) is 1. The smallest absolute Gasteiger partial charge is 0.261 e. The lowest BCUT2D eigenvalue weighted by atomic mass is 10.1. The Morgan fingerprint density at radius 2 is 1.68 bits per heavy atom. The van der Waals surface area contributed by atoms with Crippen LogP contribution in [0.25, 0.3) is 0 Å². The number of hydrogen-bond acceptors (Lipinski definition) is 4. The maximum absolute atomic E-state index is 13.1. The molecule has 2 aromatic carbocycles. The fourth-order valence-electron chi connectivity index (χ4n) is 3.27. The molecule has 6 heteroatoms. The zero-order chi connectivity index (χ0) is 23.2. The average molecular weight is 427 g/mol. The van der Waals surface area contributed by atoms with Crippen molar-refractivity contribution in [1.82, 2.24) is 10.2 Å². The first-order valence-corrected chi connectivity index (χ1v) is 10.4. The van der Waals surface area contributed by atoms with Crippen LogP contribution in [0.4, 0.5) is 0 Å². The number of hydrogen-bond donors (Lipinski definition) is 1. The molecule has 1 unspecified atom stereocenters. The molecule has 2 rings (SSSR count). The minimum absolute atomic E-state index is 0.153. The van der Waals surface area contributed by atoms with Crippen LogP contribution in [0, 0.1) is 13.8 Å². The third-order valence-electron chi connectivity index (χ3n) is 4.71. The van der Waals surface area contributed by atoms with Crippen LogP contribution < -0.4 is 14.8 Å². The number of aryl methyl sites for hydroxylation is 2. The molecular formula is C25H34N2O4. The van der Waals surface area contributed by atoms with E-state index in [4.69, 9.17) is 9.47 Å². The van der Waals surface area contributed by atoms with Gasteiger partial charge in [-0.1, -0.05) is 18.2 Å². The third-order valence-corrected chi connectivity index (χ3v) is 4.71. The van der Waals surface area contributed by atoms with Crippen molar-refractivity contribution in [3.8, 4) is 11.5 Å². The SMILES string of the molecule is COc1cccc(CN(C(=O)COc2cc(C)cc(C)c2)C(C)C(=O)NC(C)(C)C)c1. The Kier molecular flexibility index (Phi) is 8.08. The van der Waals surface area contributed by atoms with Gasteiger partial charge in [0.25, 0.3) is 5.91 Å². The lowest BCUT2D eigenvalue weighted by Gasteiger charge is -2.31. The zero-order valence-corrected chi connectivity index (χ0v) is 19.6. The van der Waals surface area contributed by atoms with Gasteiger partial charge in [0.15, 0.2) is 6.61 Å². The first-order chi connectivity index (χ1) is 14.5. The van der Waals surface area contributed by atoms with E-state index in [0.717, 1.165) is 16.7 Å². The fourth-order valence-corrected chi connectivity index (χ4v) is 3.27. The normalized spacial score (nSPS) is 12.1. The predicted octanol–water partition coefficient (Wildman–Crippen LogP) is 4.02. The Labute approximate surface area is 185 Å². The van der Waals surface area contributed by atoms with E-state index in [-0.39, 0.29) is 25.0 Å². The number of carbonyl (C=O) groups excluding carboxylic acids is 2. The average Bonchev–Trinajstić information content (AvgIpc) is 2.68. The van der Waals surface area contributed by atoms with Gasteiger partial charge in [0.05, 0.1) is 7.11 Å². The second-order valence-electron chi connectivity index (χ2n) is 8.90. The van der Waals surface area contributed by atoms with Gasteiger partial charge in [-0.15, -0.1) is 0 Å². The molecule has 1 atom stereocenters. The number of amides is 2. The molecule has 6 nitrogen and oxygen atoms in total. The lowest BCUT2D eigenvalue weighted by Crippen LogP contribution is -2.53. The summed E-state index contributed by atoms with van der Waals surface area (Å²) < 4.78 is 11.1. The molecule has 0 bridgehead atoms. The lowest BCUT2D eigenvalue weighted by molar-refractivity contribution is -0.142. The van der Waals surface area contributed by atoms with Gasteiger partial charge in [-0.05, 0) is 82.5 Å². The van der Waals surface area contributed by atoms with Crippen LogP contribution in [0.1, 0.15) is 44.4 Å². The molecule has 0 saturated carbocycles. The molecule has 2 amide bonds. The summed E-state index contributed by atoms with van der Waals surface area (Å²) in [6.45, 7) is 11.5. The molecule has 0 spiro atoms. The van der Waals surface area contributed by atoms with Gasteiger partial charge in [0.2, 0.25) is 5.91 Å². The van der Waals surface area contributed by atoms with Crippen LogP contribution >= 0.6 is 0 Å². The fraction of sp³-hybridized carbons (Fsp3) is 0.440. The van der Waals surface area contributed by atoms with Gasteiger partial charge in [-0.25, -0.2) is 0 Å². The molecule has 0 heterocycles. The molecule has 0 aliphatic heterocycles. The molecule has 31 heavy (non-hydrogen) atoms. The predicted molar refractivity (Wildman–Crippen MR) is 122 cm³/mol. The number of nitrogens with zero attached hydrogens (tertiary/aromatic N) is 1. The van der Waals surface area contributed by atoms with Gasteiger partial charge in [-0.3, -0.25) is 9.59 Å². The largest absolute Gasteiger partial charge is 0.497 e. The molecule has 2 aromatic rings. The summed E-state index contributed by atoms with van der Waals surface area (Å²) in [6, 6.07) is 12.6. The molecule has 0 radical (unpaired) electrons. The van der Waals surface area contributed by atoms with Gasteiger partial charge in [0, 0.05) is 12.1 Å². The summed E-state index contributed by atoms with van der Waals surface area (Å²) in [6.07, 6.45) is 0. The summed E-state index contributed by atoms with van der Waals surface area (Å²) >= 11 is 0. The maximum Gasteiger partial charge on any atom is 0.261 e. The molecule has 168 valence electrons. The van der Waals surface area contributed by atoms with E-state index in [1.807, 2.05) is 77.1 Å². The van der Waals surface area contributed by atoms with E-state index in [9.17, 15) is 9.59 Å². The van der Waals surface area contributed by atoms with E-state index in [2.05, 4.69) is 5.32 Å². The van der Waals surface area contributed by atoms with E-state index < -0.39 is 11.6 Å². The van der Waals surface area contributed by atoms with Gasteiger partial charge in [-0.2, -0.15) is 0 Å². The van der Waals surface area contributed by atoms with Crippen molar-refractivity contribution >= 4 is 11.8 Å².